The van der Waals surface area contributed by atoms with Crippen molar-refractivity contribution in [1.82, 2.24) is 0 Å². The van der Waals surface area contributed by atoms with Crippen LogP contribution in [0.4, 0.5) is 0 Å². The molecule has 0 spiro atoms. The van der Waals surface area contributed by atoms with Crippen LogP contribution in [0, 0.1) is 0 Å². The number of carbonyl (C=O) groups excluding carboxylic acids is 1. The van der Waals surface area contributed by atoms with Crippen LogP contribution in [0.25, 0.3) is 0 Å². The van der Waals surface area contributed by atoms with E-state index < -0.39 is 0 Å². The second-order valence-corrected chi connectivity index (χ2v) is 5.64. The molecule has 36 valence electrons. The van der Waals surface area contributed by atoms with Crippen molar-refractivity contribution in [3.05, 3.63) is 0 Å². The van der Waals surface area contributed by atoms with Gasteiger partial charge in [-0.3, -0.25) is 0 Å². The van der Waals surface area contributed by atoms with Gasteiger partial charge in [-0.05, 0) is 0 Å². The molecule has 6 heavy (non-hydrogen) atoms. The van der Waals surface area contributed by atoms with Crippen molar-refractivity contribution in [3.8, 4) is 0 Å². The minimum absolute atomic E-state index is 0.340. The second-order valence-electron chi connectivity index (χ2n) is 0.742. The molecule has 0 aliphatic heterocycles. The van der Waals surface area contributed by atoms with Gasteiger partial charge in [-0.2, -0.15) is 0 Å². The summed E-state index contributed by atoms with van der Waals surface area (Å²) < 4.78 is 0.380. The fourth-order valence-electron chi connectivity index (χ4n) is 0.117. The normalized spacial score (nSPS) is 9.67. The van der Waals surface area contributed by atoms with Crippen LogP contribution in [-0.2, 0) is 30.3 Å². The van der Waals surface area contributed by atoms with E-state index in [9.17, 15) is 4.79 Å². The van der Waals surface area contributed by atoms with Gasteiger partial charge in [-0.15, -0.1) is 0 Å². The Morgan fingerprint density at radius 3 is 2.17 bits per heavy atom. The molecule has 0 saturated heterocycles. The van der Waals surface area contributed by atoms with Gasteiger partial charge in [0.25, 0.3) is 0 Å². The van der Waals surface area contributed by atoms with Crippen LogP contribution in [0.15, 0.2) is 0 Å². The van der Waals surface area contributed by atoms with Crippen molar-refractivity contribution in [3.63, 3.8) is 0 Å². The molecule has 0 rings (SSSR count). The molecule has 0 amide bonds. The Morgan fingerprint density at radius 2 is 2.17 bits per heavy atom. The molecule has 0 aromatic rings. The van der Waals surface area contributed by atoms with E-state index in [0.29, 0.717) is 30.2 Å². The first-order chi connectivity index (χ1) is 2.77. The SMILES string of the molecule is [CH3][Cr]=[Cr][C](C)=O. The van der Waals surface area contributed by atoms with Crippen LogP contribution in [0.1, 0.15) is 6.92 Å². The van der Waals surface area contributed by atoms with Crippen molar-refractivity contribution in [2.75, 3.05) is 0 Å². The van der Waals surface area contributed by atoms with Gasteiger partial charge in [0, 0.05) is 0 Å². The van der Waals surface area contributed by atoms with Crippen LogP contribution >= 0.6 is 0 Å². The van der Waals surface area contributed by atoms with Gasteiger partial charge in [0.05, 0.1) is 0 Å². The van der Waals surface area contributed by atoms with Gasteiger partial charge in [0.2, 0.25) is 0 Å². The molecule has 0 N–H and O–H groups in total. The molecule has 0 atom stereocenters. The standard InChI is InChI=1S/C2H3O.CH3.2Cr/c1-2-3;;;/h1H3;1H3;;. The monoisotopic (exact) mass is 162 g/mol. The molecule has 0 saturated carbocycles. The van der Waals surface area contributed by atoms with Crippen LogP contribution in [0.5, 0.6) is 0 Å². The third-order valence-corrected chi connectivity index (χ3v) is 3.41. The molecule has 0 heterocycles. The maximum absolute atomic E-state index is 10.1. The first-order valence-electron chi connectivity index (χ1n) is 1.48. The summed E-state index contributed by atoms with van der Waals surface area (Å²) in [6.45, 7) is 1.66. The molecular weight excluding hydrogens is 156 g/mol. The molecule has 0 unspecified atom stereocenters. The van der Waals surface area contributed by atoms with E-state index >= 15 is 0 Å². The van der Waals surface area contributed by atoms with Crippen LogP contribution in [0.3, 0.4) is 0 Å². The molecular formula is C3H6Cr2O. The van der Waals surface area contributed by atoms with Crippen molar-refractivity contribution in [2.45, 2.75) is 12.7 Å². The molecule has 0 aliphatic rings. The average molecular weight is 162 g/mol. The van der Waals surface area contributed by atoms with E-state index in [-0.39, 0.29) is 0 Å². The number of hydrogen-bond acceptors (Lipinski definition) is 1. The summed E-state index contributed by atoms with van der Waals surface area (Å²) in [5.41, 5.74) is 0. The molecule has 0 aliphatic carbocycles. The summed E-state index contributed by atoms with van der Waals surface area (Å²) in [5.74, 6) is 2.09. The summed E-state index contributed by atoms with van der Waals surface area (Å²) in [6.07, 6.45) is 0. The second kappa shape index (κ2) is 3.91. The Labute approximate surface area is 47.9 Å². The van der Waals surface area contributed by atoms with Crippen LogP contribution in [-0.4, -0.2) is 4.65 Å². The summed E-state index contributed by atoms with van der Waals surface area (Å²) in [7, 11) is 0. The van der Waals surface area contributed by atoms with Crippen LogP contribution < -0.4 is 0 Å². The van der Waals surface area contributed by atoms with E-state index in [0.717, 1.165) is 0 Å². The van der Waals surface area contributed by atoms with E-state index in [1.807, 2.05) is 0 Å². The molecule has 0 fully saturated rings. The molecule has 0 bridgehead atoms. The zero-order valence-electron chi connectivity index (χ0n) is 3.72. The number of hydrogen-bond donors (Lipinski definition) is 0. The summed E-state index contributed by atoms with van der Waals surface area (Å²) >= 11 is 0.950. The van der Waals surface area contributed by atoms with Crippen molar-refractivity contribution < 1.29 is 30.3 Å². The molecule has 0 aromatic heterocycles. The van der Waals surface area contributed by atoms with Gasteiger partial charge in [-0.25, -0.2) is 0 Å². The minimum atomic E-state index is 0.340. The van der Waals surface area contributed by atoms with Crippen molar-refractivity contribution in [1.29, 1.82) is 0 Å². The van der Waals surface area contributed by atoms with Gasteiger partial charge in [-0.1, -0.05) is 0 Å². The van der Waals surface area contributed by atoms with E-state index in [1.54, 1.807) is 6.92 Å². The van der Waals surface area contributed by atoms with Gasteiger partial charge < -0.3 is 0 Å². The molecule has 3 heteroatoms. The Kier molecular flexibility index (Phi) is 4.39. The Bertz CT molecular complexity index is 76.9. The Balaban J connectivity index is 3.30. The summed E-state index contributed by atoms with van der Waals surface area (Å²) in [5, 5.41) is 0. The van der Waals surface area contributed by atoms with Gasteiger partial charge in [0.1, 0.15) is 0 Å². The maximum atomic E-state index is 10.1. The van der Waals surface area contributed by atoms with E-state index in [4.69, 9.17) is 0 Å². The summed E-state index contributed by atoms with van der Waals surface area (Å²) in [6, 6.07) is 0. The van der Waals surface area contributed by atoms with Gasteiger partial charge >= 0.3 is 47.7 Å². The fraction of sp³-hybridized carbons (Fsp3) is 0.667. The van der Waals surface area contributed by atoms with Crippen molar-refractivity contribution >= 4 is 4.65 Å². The van der Waals surface area contributed by atoms with E-state index in [1.165, 1.54) is 0 Å². The topological polar surface area (TPSA) is 17.1 Å². The molecule has 0 aromatic carbocycles. The Hall–Kier alpha value is 0.735. The molecule has 0 radical (unpaired) electrons. The first kappa shape index (κ1) is 6.73. The fourth-order valence-corrected chi connectivity index (χ4v) is 2.00. The summed E-state index contributed by atoms with van der Waals surface area (Å²) in [4.78, 5) is 10.1. The average Bonchev–Trinajstić information content (AvgIpc) is 1.35. The van der Waals surface area contributed by atoms with E-state index in [2.05, 4.69) is 5.79 Å². The number of rotatable bonds is 1. The first-order valence-corrected chi connectivity index (χ1v) is 6.06. The quantitative estimate of drug-likeness (QED) is 0.553. The molecule has 1 nitrogen and oxygen atoms in total. The van der Waals surface area contributed by atoms with Crippen molar-refractivity contribution in [2.24, 2.45) is 0 Å². The zero-order valence-corrected chi connectivity index (χ0v) is 6.27. The predicted octanol–water partition coefficient (Wildman–Crippen LogP) is 0.661. The third kappa shape index (κ3) is 4.73. The van der Waals surface area contributed by atoms with Crippen LogP contribution in [0.2, 0.25) is 5.79 Å². The number of carbonyl (C=O) groups is 1. The van der Waals surface area contributed by atoms with Gasteiger partial charge in [0.15, 0.2) is 0 Å². The third-order valence-electron chi connectivity index (χ3n) is 0.201. The predicted molar refractivity (Wildman–Crippen MR) is 16.5 cm³/mol. The zero-order chi connectivity index (χ0) is 4.99. The Morgan fingerprint density at radius 1 is 1.67 bits per heavy atom.